The molecule has 0 saturated carbocycles. The molecule has 33 heavy (non-hydrogen) atoms. The van der Waals surface area contributed by atoms with Crippen molar-refractivity contribution in [2.45, 2.75) is 17.7 Å². The molecule has 0 saturated heterocycles. The van der Waals surface area contributed by atoms with Gasteiger partial charge >= 0.3 is 0 Å². The summed E-state index contributed by atoms with van der Waals surface area (Å²) in [7, 11) is -0.826. The van der Waals surface area contributed by atoms with E-state index < -0.39 is 10.0 Å². The molecule has 0 bridgehead atoms. The number of carbonyl (C=O) groups is 1. The van der Waals surface area contributed by atoms with Crippen LogP contribution in [0.4, 0.5) is 5.69 Å². The number of nitrogens with one attached hydrogen (secondary N) is 1. The van der Waals surface area contributed by atoms with Gasteiger partial charge in [0.2, 0.25) is 5.91 Å². The second-order valence-corrected chi connectivity index (χ2v) is 9.19. The fourth-order valence-electron chi connectivity index (χ4n) is 3.33. The first-order valence-electron chi connectivity index (χ1n) is 10.6. The predicted octanol–water partition coefficient (Wildman–Crippen LogP) is 3.65. The minimum absolute atomic E-state index is 0.110. The SMILES string of the molecule is COc1cccc(CCCNC(=O)CN(c2cccc(OC)c2)S(=O)(=O)c2ccccc2)c1. The van der Waals surface area contributed by atoms with E-state index in [9.17, 15) is 13.2 Å². The summed E-state index contributed by atoms with van der Waals surface area (Å²) in [4.78, 5) is 12.8. The third-order valence-electron chi connectivity index (χ3n) is 5.06. The maximum absolute atomic E-state index is 13.3. The van der Waals surface area contributed by atoms with Gasteiger partial charge in [-0.3, -0.25) is 9.10 Å². The lowest BCUT2D eigenvalue weighted by molar-refractivity contribution is -0.119. The van der Waals surface area contributed by atoms with Crippen molar-refractivity contribution >= 4 is 21.6 Å². The highest BCUT2D eigenvalue weighted by Gasteiger charge is 2.27. The number of anilines is 1. The molecule has 0 aromatic heterocycles. The van der Waals surface area contributed by atoms with E-state index in [4.69, 9.17) is 9.47 Å². The van der Waals surface area contributed by atoms with Crippen LogP contribution in [0.15, 0.2) is 83.8 Å². The summed E-state index contributed by atoms with van der Waals surface area (Å²) in [6.45, 7) is 0.0803. The highest BCUT2D eigenvalue weighted by Crippen LogP contribution is 2.26. The summed E-state index contributed by atoms with van der Waals surface area (Å²) < 4.78 is 38.2. The number of benzene rings is 3. The molecule has 1 N–H and O–H groups in total. The van der Waals surface area contributed by atoms with Crippen molar-refractivity contribution in [1.29, 1.82) is 0 Å². The Labute approximate surface area is 195 Å². The molecule has 3 aromatic carbocycles. The zero-order chi connectivity index (χ0) is 23.7. The first-order valence-corrected chi connectivity index (χ1v) is 12.0. The van der Waals surface area contributed by atoms with Crippen LogP contribution >= 0.6 is 0 Å². The van der Waals surface area contributed by atoms with E-state index in [0.717, 1.165) is 22.0 Å². The van der Waals surface area contributed by atoms with Gasteiger partial charge in [-0.05, 0) is 54.8 Å². The smallest absolute Gasteiger partial charge is 0.264 e. The Morgan fingerprint density at radius 1 is 0.879 bits per heavy atom. The van der Waals surface area contributed by atoms with E-state index >= 15 is 0 Å². The van der Waals surface area contributed by atoms with Gasteiger partial charge in [-0.15, -0.1) is 0 Å². The van der Waals surface area contributed by atoms with Gasteiger partial charge in [0.1, 0.15) is 18.0 Å². The monoisotopic (exact) mass is 468 g/mol. The molecule has 0 heterocycles. The van der Waals surface area contributed by atoms with Gasteiger partial charge in [0.05, 0.1) is 24.8 Å². The van der Waals surface area contributed by atoms with Crippen LogP contribution in [0, 0.1) is 0 Å². The maximum Gasteiger partial charge on any atom is 0.264 e. The van der Waals surface area contributed by atoms with Crippen molar-refractivity contribution in [3.8, 4) is 11.5 Å². The third kappa shape index (κ3) is 6.49. The van der Waals surface area contributed by atoms with E-state index in [1.165, 1.54) is 19.2 Å². The Hall–Kier alpha value is -3.52. The number of hydrogen-bond donors (Lipinski definition) is 1. The Kier molecular flexibility index (Phi) is 8.32. The maximum atomic E-state index is 13.3. The quantitative estimate of drug-likeness (QED) is 0.434. The predicted molar refractivity (Wildman–Crippen MR) is 128 cm³/mol. The lowest BCUT2D eigenvalue weighted by Gasteiger charge is -2.24. The van der Waals surface area contributed by atoms with Crippen molar-refractivity contribution in [3.05, 3.63) is 84.4 Å². The van der Waals surface area contributed by atoms with Gasteiger partial charge in [-0.2, -0.15) is 0 Å². The fourth-order valence-corrected chi connectivity index (χ4v) is 4.77. The topological polar surface area (TPSA) is 84.9 Å². The van der Waals surface area contributed by atoms with Crippen LogP contribution < -0.4 is 19.1 Å². The standard InChI is InChI=1S/C25H28N2O5S/c1-31-22-12-6-9-20(17-22)10-8-16-26-25(28)19-27(21-11-7-13-23(18-21)32-2)33(29,30)24-14-4-3-5-15-24/h3-7,9,11-15,17-18H,8,10,16,19H2,1-2H3,(H,26,28). The van der Waals surface area contributed by atoms with E-state index in [0.29, 0.717) is 24.4 Å². The largest absolute Gasteiger partial charge is 0.497 e. The van der Waals surface area contributed by atoms with Crippen LogP contribution in [0.2, 0.25) is 0 Å². The van der Waals surface area contributed by atoms with E-state index in [-0.39, 0.29) is 17.3 Å². The summed E-state index contributed by atoms with van der Waals surface area (Å²) in [5.41, 5.74) is 1.46. The van der Waals surface area contributed by atoms with Crippen LogP contribution in [0.1, 0.15) is 12.0 Å². The lowest BCUT2D eigenvalue weighted by atomic mass is 10.1. The molecule has 7 nitrogen and oxygen atoms in total. The number of hydrogen-bond acceptors (Lipinski definition) is 5. The second kappa shape index (κ2) is 11.4. The van der Waals surface area contributed by atoms with Gasteiger partial charge in [-0.25, -0.2) is 8.42 Å². The van der Waals surface area contributed by atoms with Crippen molar-refractivity contribution in [2.24, 2.45) is 0 Å². The number of rotatable bonds is 11. The molecule has 0 fully saturated rings. The van der Waals surface area contributed by atoms with Gasteiger partial charge in [0.25, 0.3) is 10.0 Å². The Morgan fingerprint density at radius 2 is 1.55 bits per heavy atom. The molecule has 0 aliphatic rings. The minimum Gasteiger partial charge on any atom is -0.497 e. The van der Waals surface area contributed by atoms with Gasteiger partial charge in [0, 0.05) is 12.6 Å². The Bertz CT molecular complexity index is 1170. The van der Waals surface area contributed by atoms with Crippen LogP contribution in [0.5, 0.6) is 11.5 Å². The number of carbonyl (C=O) groups excluding carboxylic acids is 1. The van der Waals surface area contributed by atoms with Crippen LogP contribution in [-0.2, 0) is 21.2 Å². The molecule has 1 amide bonds. The molecule has 3 aromatic rings. The summed E-state index contributed by atoms with van der Waals surface area (Å²) >= 11 is 0. The van der Waals surface area contributed by atoms with Gasteiger partial charge in [0.15, 0.2) is 0 Å². The molecule has 0 spiro atoms. The van der Waals surface area contributed by atoms with Crippen molar-refractivity contribution < 1.29 is 22.7 Å². The zero-order valence-corrected chi connectivity index (χ0v) is 19.5. The molecular formula is C25H28N2O5S. The average Bonchev–Trinajstić information content (AvgIpc) is 2.85. The number of sulfonamides is 1. The Balaban J connectivity index is 1.69. The van der Waals surface area contributed by atoms with E-state index in [1.54, 1.807) is 49.6 Å². The zero-order valence-electron chi connectivity index (χ0n) is 18.7. The molecule has 0 atom stereocenters. The molecule has 0 aliphatic heterocycles. The molecule has 3 rings (SSSR count). The molecule has 0 aliphatic carbocycles. The van der Waals surface area contributed by atoms with Crippen molar-refractivity contribution in [1.82, 2.24) is 5.32 Å². The summed E-state index contributed by atoms with van der Waals surface area (Å²) in [6.07, 6.45) is 1.48. The molecule has 0 unspecified atom stereocenters. The van der Waals surface area contributed by atoms with E-state index in [1.807, 2.05) is 24.3 Å². The number of ether oxygens (including phenoxy) is 2. The van der Waals surface area contributed by atoms with E-state index in [2.05, 4.69) is 5.32 Å². The Morgan fingerprint density at radius 3 is 2.24 bits per heavy atom. The molecule has 174 valence electrons. The van der Waals surface area contributed by atoms with Crippen LogP contribution in [0.25, 0.3) is 0 Å². The fraction of sp³-hybridized carbons (Fsp3) is 0.240. The number of nitrogens with zero attached hydrogens (tertiary/aromatic N) is 1. The van der Waals surface area contributed by atoms with Crippen molar-refractivity contribution in [3.63, 3.8) is 0 Å². The molecular weight excluding hydrogens is 440 g/mol. The van der Waals surface area contributed by atoms with Crippen molar-refractivity contribution in [2.75, 3.05) is 31.6 Å². The lowest BCUT2D eigenvalue weighted by Crippen LogP contribution is -2.41. The number of methoxy groups -OCH3 is 2. The first kappa shape index (κ1) is 24.1. The first-order chi connectivity index (χ1) is 15.9. The minimum atomic E-state index is -3.95. The number of aryl methyl sites for hydroxylation is 1. The number of amides is 1. The normalized spacial score (nSPS) is 11.0. The van der Waals surface area contributed by atoms with Gasteiger partial charge in [-0.1, -0.05) is 36.4 Å². The summed E-state index contributed by atoms with van der Waals surface area (Å²) in [5, 5.41) is 2.83. The summed E-state index contributed by atoms with van der Waals surface area (Å²) in [6, 6.07) is 22.5. The molecule has 0 radical (unpaired) electrons. The average molecular weight is 469 g/mol. The highest BCUT2D eigenvalue weighted by molar-refractivity contribution is 7.92. The van der Waals surface area contributed by atoms with Crippen LogP contribution in [-0.4, -0.2) is 41.6 Å². The second-order valence-electron chi connectivity index (χ2n) is 7.33. The van der Waals surface area contributed by atoms with Gasteiger partial charge < -0.3 is 14.8 Å². The summed E-state index contributed by atoms with van der Waals surface area (Å²) in [5.74, 6) is 0.902. The highest BCUT2D eigenvalue weighted by atomic mass is 32.2. The third-order valence-corrected chi connectivity index (χ3v) is 6.85. The molecule has 8 heteroatoms. The van der Waals surface area contributed by atoms with Crippen LogP contribution in [0.3, 0.4) is 0 Å².